The smallest absolute Gasteiger partial charge is 0.315 e. The molecular weight excluding hydrogens is 188 g/mol. The van der Waals surface area contributed by atoms with Gasteiger partial charge in [0.25, 0.3) is 0 Å². The molecule has 0 heterocycles. The number of hydrogen-bond acceptors (Lipinski definition) is 1. The van der Waals surface area contributed by atoms with E-state index < -0.39 is 0 Å². The van der Waals surface area contributed by atoms with Crippen LogP contribution in [0, 0.1) is 0 Å². The molecule has 1 aliphatic rings. The predicted molar refractivity (Wildman–Crippen MR) is 62.6 cm³/mol. The quantitative estimate of drug-likeness (QED) is 0.714. The fraction of sp³-hybridized carbons (Fsp3) is 0.417. The van der Waals surface area contributed by atoms with Crippen LogP contribution in [-0.2, 0) is 0 Å². The highest BCUT2D eigenvalue weighted by Gasteiger charge is 2.07. The Morgan fingerprint density at radius 2 is 2.13 bits per heavy atom. The van der Waals surface area contributed by atoms with Gasteiger partial charge in [-0.3, -0.25) is 0 Å². The summed E-state index contributed by atoms with van der Waals surface area (Å²) in [7, 11) is 0. The molecule has 3 heteroatoms. The second-order valence-corrected chi connectivity index (χ2v) is 3.95. The number of carbonyl (C=O) groups excluding carboxylic acids is 1. The molecule has 0 aromatic rings. The van der Waals surface area contributed by atoms with Crippen molar-refractivity contribution in [2.75, 3.05) is 0 Å². The van der Waals surface area contributed by atoms with Gasteiger partial charge in [-0.25, -0.2) is 4.79 Å². The van der Waals surface area contributed by atoms with Crippen molar-refractivity contribution in [1.29, 1.82) is 0 Å². The molecule has 2 N–H and O–H groups in total. The number of carbonyl (C=O) groups is 1. The summed E-state index contributed by atoms with van der Waals surface area (Å²) in [5.41, 5.74) is 1.18. The molecule has 82 valence electrons. The summed E-state index contributed by atoms with van der Waals surface area (Å²) in [4.78, 5) is 11.4. The Labute approximate surface area is 90.9 Å². The molecule has 0 saturated heterocycles. The summed E-state index contributed by atoms with van der Waals surface area (Å²) < 4.78 is 0. The Balaban J connectivity index is 2.47. The second-order valence-electron chi connectivity index (χ2n) is 3.95. The Morgan fingerprint density at radius 1 is 1.40 bits per heavy atom. The van der Waals surface area contributed by atoms with Crippen LogP contribution in [0.15, 0.2) is 36.0 Å². The zero-order chi connectivity index (χ0) is 11.3. The number of allylic oxidation sites excluding steroid dienone is 4. The van der Waals surface area contributed by atoms with Gasteiger partial charge in [0.05, 0.1) is 6.04 Å². The average Bonchev–Trinajstić information content (AvgIpc) is 2.29. The molecule has 0 bridgehead atoms. The third kappa shape index (κ3) is 4.49. The van der Waals surface area contributed by atoms with Crippen LogP contribution in [0.25, 0.3) is 0 Å². The number of urea groups is 1. The zero-order valence-electron chi connectivity index (χ0n) is 9.45. The first-order chi connectivity index (χ1) is 7.08. The van der Waals surface area contributed by atoms with E-state index in [-0.39, 0.29) is 18.1 Å². The lowest BCUT2D eigenvalue weighted by molar-refractivity contribution is 0.238. The van der Waals surface area contributed by atoms with Gasteiger partial charge >= 0.3 is 6.03 Å². The standard InChI is InChI=1S/C12H18N2O/c1-9(2)13-12(15)14-11-6-4-5-10(3)7-8-11/h4-9,11H,1-3H3,(H2,13,14,15). The van der Waals surface area contributed by atoms with Crippen molar-refractivity contribution in [2.24, 2.45) is 0 Å². The van der Waals surface area contributed by atoms with Gasteiger partial charge in [-0.15, -0.1) is 0 Å². The minimum Gasteiger partial charge on any atom is -0.336 e. The van der Waals surface area contributed by atoms with Crippen molar-refractivity contribution in [2.45, 2.75) is 32.9 Å². The fourth-order valence-electron chi connectivity index (χ4n) is 1.25. The predicted octanol–water partition coefficient (Wildman–Crippen LogP) is 2.13. The average molecular weight is 206 g/mol. The summed E-state index contributed by atoms with van der Waals surface area (Å²) in [6.45, 7) is 5.89. The first-order valence-corrected chi connectivity index (χ1v) is 5.18. The first-order valence-electron chi connectivity index (χ1n) is 5.18. The van der Waals surface area contributed by atoms with Crippen molar-refractivity contribution in [3.05, 3.63) is 36.0 Å². The molecule has 1 unspecified atom stereocenters. The van der Waals surface area contributed by atoms with Gasteiger partial charge in [0.1, 0.15) is 0 Å². The van der Waals surface area contributed by atoms with Gasteiger partial charge in [0, 0.05) is 6.04 Å². The van der Waals surface area contributed by atoms with Crippen molar-refractivity contribution in [3.63, 3.8) is 0 Å². The van der Waals surface area contributed by atoms with Crippen molar-refractivity contribution >= 4 is 6.03 Å². The van der Waals surface area contributed by atoms with Crippen LogP contribution < -0.4 is 10.6 Å². The number of nitrogens with one attached hydrogen (secondary N) is 2. The summed E-state index contributed by atoms with van der Waals surface area (Å²) in [6, 6.07) is -0.00935. The van der Waals surface area contributed by atoms with Crippen molar-refractivity contribution in [3.8, 4) is 0 Å². The number of rotatable bonds is 2. The van der Waals surface area contributed by atoms with E-state index in [0.29, 0.717) is 0 Å². The van der Waals surface area contributed by atoms with Crippen LogP contribution in [0.4, 0.5) is 4.79 Å². The third-order valence-electron chi connectivity index (χ3n) is 1.96. The maximum atomic E-state index is 11.4. The molecule has 1 rings (SSSR count). The van der Waals surface area contributed by atoms with Gasteiger partial charge in [-0.1, -0.05) is 36.0 Å². The SMILES string of the molecule is CC1=CC=CC(NC(=O)NC(C)C)C=C1. The molecule has 0 aliphatic heterocycles. The van der Waals surface area contributed by atoms with E-state index in [1.165, 1.54) is 5.57 Å². The summed E-state index contributed by atoms with van der Waals surface area (Å²) in [5.74, 6) is 0. The second kappa shape index (κ2) is 5.39. The molecule has 0 fully saturated rings. The highest BCUT2D eigenvalue weighted by molar-refractivity contribution is 5.75. The van der Waals surface area contributed by atoms with E-state index in [1.807, 2.05) is 51.2 Å². The molecular formula is C12H18N2O. The topological polar surface area (TPSA) is 41.1 Å². The molecule has 0 spiro atoms. The van der Waals surface area contributed by atoms with Gasteiger partial charge in [-0.05, 0) is 20.8 Å². The molecule has 1 aliphatic carbocycles. The zero-order valence-corrected chi connectivity index (χ0v) is 9.45. The largest absolute Gasteiger partial charge is 0.336 e. The van der Waals surface area contributed by atoms with Gasteiger partial charge in [0.2, 0.25) is 0 Å². The van der Waals surface area contributed by atoms with E-state index >= 15 is 0 Å². The molecule has 0 aromatic heterocycles. The molecule has 0 saturated carbocycles. The van der Waals surface area contributed by atoms with Crippen LogP contribution in [-0.4, -0.2) is 18.1 Å². The third-order valence-corrected chi connectivity index (χ3v) is 1.96. The monoisotopic (exact) mass is 206 g/mol. The normalized spacial score (nSPS) is 19.7. The minimum absolute atomic E-state index is 0.0301. The molecule has 1 atom stereocenters. The Kier molecular flexibility index (Phi) is 4.16. The van der Waals surface area contributed by atoms with E-state index in [2.05, 4.69) is 10.6 Å². The fourth-order valence-corrected chi connectivity index (χ4v) is 1.25. The lowest BCUT2D eigenvalue weighted by atomic mass is 10.2. The lowest BCUT2D eigenvalue weighted by Crippen LogP contribution is -2.43. The molecule has 2 amide bonds. The Morgan fingerprint density at radius 3 is 2.80 bits per heavy atom. The van der Waals surface area contributed by atoms with E-state index in [1.54, 1.807) is 0 Å². The maximum Gasteiger partial charge on any atom is 0.315 e. The van der Waals surface area contributed by atoms with Crippen LogP contribution in [0.3, 0.4) is 0 Å². The van der Waals surface area contributed by atoms with Crippen molar-refractivity contribution in [1.82, 2.24) is 10.6 Å². The van der Waals surface area contributed by atoms with E-state index in [0.717, 1.165) is 0 Å². The molecule has 0 radical (unpaired) electrons. The summed E-state index contributed by atoms with van der Waals surface area (Å²) in [6.07, 6.45) is 9.89. The molecule has 3 nitrogen and oxygen atoms in total. The highest BCUT2D eigenvalue weighted by Crippen LogP contribution is 2.03. The number of hydrogen-bond donors (Lipinski definition) is 2. The lowest BCUT2D eigenvalue weighted by Gasteiger charge is -2.13. The summed E-state index contributed by atoms with van der Waals surface area (Å²) >= 11 is 0. The van der Waals surface area contributed by atoms with Gasteiger partial charge in [-0.2, -0.15) is 0 Å². The van der Waals surface area contributed by atoms with Crippen LogP contribution in [0.1, 0.15) is 20.8 Å². The first kappa shape index (κ1) is 11.6. The molecule has 0 aromatic carbocycles. The summed E-state index contributed by atoms with van der Waals surface area (Å²) in [5, 5.41) is 5.64. The van der Waals surface area contributed by atoms with Crippen LogP contribution in [0.5, 0.6) is 0 Å². The maximum absolute atomic E-state index is 11.4. The Bertz CT molecular complexity index is 314. The highest BCUT2D eigenvalue weighted by atomic mass is 16.2. The van der Waals surface area contributed by atoms with E-state index in [9.17, 15) is 4.79 Å². The minimum atomic E-state index is -0.135. The Hall–Kier alpha value is -1.51. The molecule has 15 heavy (non-hydrogen) atoms. The van der Waals surface area contributed by atoms with Crippen LogP contribution >= 0.6 is 0 Å². The van der Waals surface area contributed by atoms with Crippen LogP contribution in [0.2, 0.25) is 0 Å². The number of amides is 2. The van der Waals surface area contributed by atoms with Gasteiger partial charge < -0.3 is 10.6 Å². The van der Waals surface area contributed by atoms with E-state index in [4.69, 9.17) is 0 Å². The van der Waals surface area contributed by atoms with Gasteiger partial charge in [0.15, 0.2) is 0 Å². The van der Waals surface area contributed by atoms with Crippen molar-refractivity contribution < 1.29 is 4.79 Å².